The van der Waals surface area contributed by atoms with Crippen LogP contribution in [0.5, 0.6) is 0 Å². The van der Waals surface area contributed by atoms with E-state index in [9.17, 15) is 0 Å². The number of hydrogen-bond donors (Lipinski definition) is 0. The van der Waals surface area contributed by atoms with Crippen molar-refractivity contribution in [3.05, 3.63) is 112 Å². The van der Waals surface area contributed by atoms with Gasteiger partial charge in [-0.3, -0.25) is 29.0 Å². The fourth-order valence-electron chi connectivity index (χ4n) is 11.6. The molecule has 6 aliphatic heterocycles. The molecule has 0 radical (unpaired) electrons. The standard InChI is InChI=1S/C49H56Br4N10O6Si2/c1-70(2,3)17-15-68-27-58-36(19-34(50)41(58)52)43(64)60-26-33-38-21-49(39(33)40-45(66)56-24-31-13-9-7-11-29(31)22-54-47(56)62(40)60)46(67)57-25-32-14-10-8-12-30(32)23-55-48(57)63(49)61(38)44(65)37-20-35(51)42(53)59(37)28-69-16-18-71(4,5)6/h7-14,19-20,33,38-40H,15-18,21-28H2,1-6H3/t33-,38-,39+,40?,49+/m1/s1. The molecule has 71 heavy (non-hydrogen) atoms. The van der Waals surface area contributed by atoms with Crippen LogP contribution in [0.15, 0.2) is 88.8 Å². The summed E-state index contributed by atoms with van der Waals surface area (Å²) in [7, 11) is -2.83. The molecule has 2 aromatic carbocycles. The van der Waals surface area contributed by atoms with E-state index >= 15 is 19.2 Å². The fraction of sp³-hybridized carbons (Fsp3) is 0.469. The van der Waals surface area contributed by atoms with Crippen LogP contribution in [0.2, 0.25) is 51.4 Å². The minimum absolute atomic E-state index is 0.0881. The Labute approximate surface area is 448 Å². The predicted octanol–water partition coefficient (Wildman–Crippen LogP) is 8.95. The van der Waals surface area contributed by atoms with E-state index in [2.05, 4.69) is 103 Å². The molecule has 1 unspecified atom stereocenters. The van der Waals surface area contributed by atoms with Gasteiger partial charge in [0, 0.05) is 54.2 Å². The lowest BCUT2D eigenvalue weighted by Crippen LogP contribution is -2.72. The smallest absolute Gasteiger partial charge is 0.289 e. The number of fused-ring (bicyclic) bond motifs is 11. The summed E-state index contributed by atoms with van der Waals surface area (Å²) in [6, 6.07) is 19.7. The highest BCUT2D eigenvalue weighted by Gasteiger charge is 2.80. The minimum Gasteiger partial charge on any atom is -0.361 e. The molecule has 8 heterocycles. The van der Waals surface area contributed by atoms with E-state index in [4.69, 9.17) is 19.5 Å². The van der Waals surface area contributed by atoms with Crippen LogP contribution in [0.25, 0.3) is 0 Å². The normalized spacial score (nSPS) is 24.3. The summed E-state index contributed by atoms with van der Waals surface area (Å²) in [5.41, 5.74) is 3.18. The van der Waals surface area contributed by atoms with Gasteiger partial charge in [0.05, 0.1) is 41.2 Å². The summed E-state index contributed by atoms with van der Waals surface area (Å²) in [5, 5.41) is 7.02. The number of amides is 4. The number of aliphatic imine (C=N–C) groups is 2. The Kier molecular flexibility index (Phi) is 12.6. The third kappa shape index (κ3) is 8.10. The van der Waals surface area contributed by atoms with Gasteiger partial charge in [-0.05, 0) is 110 Å². The van der Waals surface area contributed by atoms with Crippen molar-refractivity contribution in [3.63, 3.8) is 0 Å². The highest BCUT2D eigenvalue weighted by atomic mass is 79.9. The molecule has 4 saturated heterocycles. The molecule has 4 aromatic rings. The van der Waals surface area contributed by atoms with Gasteiger partial charge in [0.15, 0.2) is 5.54 Å². The van der Waals surface area contributed by atoms with E-state index in [0.717, 1.165) is 34.3 Å². The zero-order valence-electron chi connectivity index (χ0n) is 40.5. The van der Waals surface area contributed by atoms with Crippen molar-refractivity contribution in [2.75, 3.05) is 19.8 Å². The van der Waals surface area contributed by atoms with Crippen LogP contribution >= 0.6 is 63.7 Å². The second-order valence-corrected chi connectivity index (χ2v) is 36.5. The first-order valence-corrected chi connectivity index (χ1v) is 34.7. The molecule has 1 saturated carbocycles. The molecular formula is C49H56Br4N10O6Si2. The van der Waals surface area contributed by atoms with Crippen molar-refractivity contribution in [2.24, 2.45) is 21.8 Å². The summed E-state index contributed by atoms with van der Waals surface area (Å²) in [4.78, 5) is 77.0. The van der Waals surface area contributed by atoms with E-state index in [1.165, 1.54) is 0 Å². The number of hydrogen-bond acceptors (Lipinski definition) is 10. The lowest BCUT2D eigenvalue weighted by Gasteiger charge is -2.54. The Morgan fingerprint density at radius 1 is 0.704 bits per heavy atom. The average molecular weight is 1260 g/mol. The van der Waals surface area contributed by atoms with Gasteiger partial charge < -0.3 is 18.6 Å². The summed E-state index contributed by atoms with van der Waals surface area (Å²) in [5.74, 6) is -1.66. The third-order valence-electron chi connectivity index (χ3n) is 15.2. The first-order chi connectivity index (χ1) is 33.8. The quantitative estimate of drug-likeness (QED) is 0.101. The van der Waals surface area contributed by atoms with Crippen LogP contribution in [0, 0.1) is 11.8 Å². The van der Waals surface area contributed by atoms with E-state index in [1.807, 2.05) is 62.7 Å². The van der Waals surface area contributed by atoms with Gasteiger partial charge in [0.1, 0.15) is 40.1 Å². The first-order valence-electron chi connectivity index (χ1n) is 24.1. The van der Waals surface area contributed by atoms with Gasteiger partial charge in [-0.25, -0.2) is 30.0 Å². The molecule has 4 amide bonds. The summed E-state index contributed by atoms with van der Waals surface area (Å²) < 4.78 is 18.8. The Morgan fingerprint density at radius 3 is 1.76 bits per heavy atom. The van der Waals surface area contributed by atoms with Gasteiger partial charge in [-0.15, -0.1) is 0 Å². The number of benzene rings is 2. The molecule has 1 aliphatic carbocycles. The van der Waals surface area contributed by atoms with Gasteiger partial charge in [-0.1, -0.05) is 87.8 Å². The number of aromatic nitrogens is 2. The summed E-state index contributed by atoms with van der Waals surface area (Å²) >= 11 is 14.8. The van der Waals surface area contributed by atoms with Crippen molar-refractivity contribution in [1.29, 1.82) is 0 Å². The average Bonchev–Trinajstić information content (AvgIpc) is 4.06. The summed E-state index contributed by atoms with van der Waals surface area (Å²) in [6.07, 6.45) is 0.229. The van der Waals surface area contributed by atoms with Gasteiger partial charge in [0.2, 0.25) is 11.9 Å². The first kappa shape index (κ1) is 49.3. The largest absolute Gasteiger partial charge is 0.361 e. The second-order valence-electron chi connectivity index (χ2n) is 22.0. The van der Waals surface area contributed by atoms with Gasteiger partial charge in [0.25, 0.3) is 23.6 Å². The maximum Gasteiger partial charge on any atom is 0.289 e. The number of guanidine groups is 2. The molecular weight excluding hydrogens is 1200 g/mol. The van der Waals surface area contributed by atoms with E-state index in [0.29, 0.717) is 67.8 Å². The molecule has 2 bridgehead atoms. The molecule has 374 valence electrons. The van der Waals surface area contributed by atoms with Crippen LogP contribution in [0.3, 0.4) is 0 Å². The monoisotopic (exact) mass is 1250 g/mol. The second kappa shape index (κ2) is 18.2. The molecule has 2 aromatic heterocycles. The zero-order valence-corrected chi connectivity index (χ0v) is 48.8. The van der Waals surface area contributed by atoms with Crippen molar-refractivity contribution >= 4 is 115 Å². The van der Waals surface area contributed by atoms with Crippen LogP contribution in [0.4, 0.5) is 0 Å². The minimum atomic E-state index is -1.41. The molecule has 1 spiro atoms. The Bertz CT molecular complexity index is 2970. The van der Waals surface area contributed by atoms with Gasteiger partial charge in [-0.2, -0.15) is 0 Å². The van der Waals surface area contributed by atoms with Crippen LogP contribution in [-0.2, 0) is 58.7 Å². The topological polar surface area (TPSA) is 141 Å². The Hall–Kier alpha value is -3.91. The maximum absolute atomic E-state index is 16.0. The fourth-order valence-corrected chi connectivity index (χ4v) is 14.8. The number of halogens is 4. The Morgan fingerprint density at radius 2 is 1.21 bits per heavy atom. The third-order valence-corrected chi connectivity index (χ3v) is 22.6. The maximum atomic E-state index is 16.0. The highest BCUT2D eigenvalue weighted by molar-refractivity contribution is 9.13. The molecule has 16 nitrogen and oxygen atoms in total. The lowest BCUT2D eigenvalue weighted by atomic mass is 9.74. The van der Waals surface area contributed by atoms with Gasteiger partial charge >= 0.3 is 0 Å². The number of carbonyl (C=O) groups excluding carboxylic acids is 4. The molecule has 11 rings (SSSR count). The molecule has 5 atom stereocenters. The van der Waals surface area contributed by atoms with E-state index < -0.39 is 45.6 Å². The zero-order chi connectivity index (χ0) is 50.1. The Balaban J connectivity index is 1.04. The SMILES string of the molecule is C[Si](C)(C)CCOCn1c(C(=O)N2C[C@@H]3[C@H]4C[C@@]5(C(=O)N6Cc7ccccc7CN=C6N5N4C(=O)c4cc(Br)c(Br)n4COCC[Si](C)(C)C)[C@@H]3C3C(=O)N4Cc5ccccc5CN=C4N32)cc(Br)c1Br. The van der Waals surface area contributed by atoms with Crippen LogP contribution in [-0.4, -0.2) is 128 Å². The van der Waals surface area contributed by atoms with Crippen molar-refractivity contribution < 1.29 is 28.7 Å². The number of nitrogens with zero attached hydrogens (tertiary/aromatic N) is 10. The predicted molar refractivity (Wildman–Crippen MR) is 287 cm³/mol. The highest BCUT2D eigenvalue weighted by Crippen LogP contribution is 2.62. The molecule has 5 fully saturated rings. The number of hydrazine groups is 2. The van der Waals surface area contributed by atoms with Crippen molar-refractivity contribution in [1.82, 2.24) is 39.0 Å². The summed E-state index contributed by atoms with van der Waals surface area (Å²) in [6.45, 7) is 16.3. The van der Waals surface area contributed by atoms with Crippen molar-refractivity contribution in [2.45, 2.75) is 115 Å². The molecule has 22 heteroatoms. The number of ether oxygens (including phenoxy) is 2. The van der Waals surface area contributed by atoms with Crippen molar-refractivity contribution in [3.8, 4) is 0 Å². The number of carbonyl (C=O) groups is 4. The molecule has 7 aliphatic rings. The lowest BCUT2D eigenvalue weighted by molar-refractivity contribution is -0.161. The van der Waals surface area contributed by atoms with E-state index in [1.54, 1.807) is 37.0 Å². The number of rotatable bonds is 12. The van der Waals surface area contributed by atoms with Crippen LogP contribution in [0.1, 0.15) is 49.7 Å². The van der Waals surface area contributed by atoms with E-state index in [-0.39, 0.29) is 63.1 Å². The molecule has 0 N–H and O–H groups in total. The van der Waals surface area contributed by atoms with Crippen LogP contribution < -0.4 is 0 Å².